The molecule has 1 aliphatic rings. The summed E-state index contributed by atoms with van der Waals surface area (Å²) in [6.45, 7) is 2.81. The van der Waals surface area contributed by atoms with E-state index in [1.54, 1.807) is 18.0 Å². The maximum Gasteiger partial charge on any atom is 0.305 e. The molecule has 2 aromatic rings. The van der Waals surface area contributed by atoms with Crippen LogP contribution >= 0.6 is 0 Å². The Labute approximate surface area is 146 Å². The monoisotopic (exact) mass is 340 g/mol. The third-order valence-corrected chi connectivity index (χ3v) is 4.34. The van der Waals surface area contributed by atoms with E-state index in [1.165, 1.54) is 0 Å². The van der Waals surface area contributed by atoms with Gasteiger partial charge in [-0.15, -0.1) is 0 Å². The molecule has 3 rings (SSSR count). The smallest absolute Gasteiger partial charge is 0.305 e. The number of amides is 1. The van der Waals surface area contributed by atoms with Gasteiger partial charge < -0.3 is 14.7 Å². The first-order chi connectivity index (χ1) is 12.1. The average Bonchev–Trinajstić information content (AvgIpc) is 2.62. The summed E-state index contributed by atoms with van der Waals surface area (Å²) in [4.78, 5) is 30.2. The Balaban J connectivity index is 2.00. The highest BCUT2D eigenvalue weighted by Gasteiger charge is 2.32. The highest BCUT2D eigenvalue weighted by atomic mass is 16.5. The summed E-state index contributed by atoms with van der Waals surface area (Å²) in [5, 5.41) is 9.12. The van der Waals surface area contributed by atoms with Crippen LogP contribution in [0.15, 0.2) is 42.6 Å². The zero-order chi connectivity index (χ0) is 17.8. The van der Waals surface area contributed by atoms with Crippen molar-refractivity contribution in [1.29, 1.82) is 0 Å². The number of morpholine rings is 1. The number of carboxylic acid groups (broad SMARTS) is 1. The number of nitrogens with zero attached hydrogens (tertiary/aromatic N) is 2. The van der Waals surface area contributed by atoms with Gasteiger partial charge >= 0.3 is 5.97 Å². The summed E-state index contributed by atoms with van der Waals surface area (Å²) < 4.78 is 5.37. The summed E-state index contributed by atoms with van der Waals surface area (Å²) in [7, 11) is 0. The van der Waals surface area contributed by atoms with Crippen LogP contribution in [0.1, 0.15) is 22.5 Å². The number of rotatable bonds is 4. The molecule has 0 unspecified atom stereocenters. The summed E-state index contributed by atoms with van der Waals surface area (Å²) in [5.74, 6) is -1.14. The molecule has 1 saturated heterocycles. The van der Waals surface area contributed by atoms with Crippen LogP contribution in [-0.2, 0) is 9.53 Å². The molecule has 1 N–H and O–H groups in total. The van der Waals surface area contributed by atoms with Crippen LogP contribution in [0.3, 0.4) is 0 Å². The van der Waals surface area contributed by atoms with Crippen molar-refractivity contribution in [2.45, 2.75) is 19.4 Å². The van der Waals surface area contributed by atoms with Crippen molar-refractivity contribution in [2.75, 3.05) is 19.8 Å². The van der Waals surface area contributed by atoms with E-state index in [0.717, 1.165) is 11.1 Å². The predicted molar refractivity (Wildman–Crippen MR) is 92.3 cm³/mol. The van der Waals surface area contributed by atoms with Gasteiger partial charge in [-0.2, -0.15) is 0 Å². The van der Waals surface area contributed by atoms with Gasteiger partial charge in [-0.25, -0.2) is 0 Å². The number of ether oxygens (including phenoxy) is 1. The van der Waals surface area contributed by atoms with E-state index in [0.29, 0.717) is 24.4 Å². The van der Waals surface area contributed by atoms with Crippen molar-refractivity contribution in [3.05, 3.63) is 53.9 Å². The van der Waals surface area contributed by atoms with Crippen LogP contribution in [0.4, 0.5) is 0 Å². The van der Waals surface area contributed by atoms with Crippen molar-refractivity contribution in [3.63, 3.8) is 0 Å². The molecule has 0 radical (unpaired) electrons. The van der Waals surface area contributed by atoms with Crippen molar-refractivity contribution in [2.24, 2.45) is 0 Å². The maximum atomic E-state index is 13.2. The number of aryl methyl sites for hydroxylation is 1. The lowest BCUT2D eigenvalue weighted by Gasteiger charge is -2.35. The molecule has 1 aromatic carbocycles. The molecule has 0 aliphatic carbocycles. The standard InChI is InChI=1S/C19H20N2O4/c1-13-18(16(7-8-20-13)14-5-3-2-4-6-14)19(24)21-9-10-25-12-15(21)11-17(22)23/h2-8,15H,9-12H2,1H3,(H,22,23)/t15-/m0/s1. The molecule has 6 nitrogen and oxygen atoms in total. The lowest BCUT2D eigenvalue weighted by atomic mass is 9.97. The molecule has 1 atom stereocenters. The largest absolute Gasteiger partial charge is 0.481 e. The fourth-order valence-electron chi connectivity index (χ4n) is 3.13. The van der Waals surface area contributed by atoms with Crippen molar-refractivity contribution < 1.29 is 19.4 Å². The number of benzene rings is 1. The molecule has 2 heterocycles. The van der Waals surface area contributed by atoms with E-state index >= 15 is 0 Å². The number of hydrogen-bond acceptors (Lipinski definition) is 4. The lowest BCUT2D eigenvalue weighted by Crippen LogP contribution is -2.49. The zero-order valence-electron chi connectivity index (χ0n) is 14.0. The van der Waals surface area contributed by atoms with Gasteiger partial charge in [0.25, 0.3) is 5.91 Å². The van der Waals surface area contributed by atoms with Crippen LogP contribution in [0, 0.1) is 6.92 Å². The second-order valence-electron chi connectivity index (χ2n) is 6.01. The molecular weight excluding hydrogens is 320 g/mol. The first-order valence-electron chi connectivity index (χ1n) is 8.19. The Bertz CT molecular complexity index is 776. The third kappa shape index (κ3) is 3.69. The second kappa shape index (κ2) is 7.44. The molecule has 1 aromatic heterocycles. The molecule has 130 valence electrons. The fourth-order valence-corrected chi connectivity index (χ4v) is 3.13. The molecule has 0 saturated carbocycles. The minimum Gasteiger partial charge on any atom is -0.481 e. The van der Waals surface area contributed by atoms with Crippen LogP contribution in [-0.4, -0.2) is 52.7 Å². The van der Waals surface area contributed by atoms with Gasteiger partial charge in [-0.3, -0.25) is 14.6 Å². The van der Waals surface area contributed by atoms with E-state index in [-0.39, 0.29) is 18.9 Å². The second-order valence-corrected chi connectivity index (χ2v) is 6.01. The average molecular weight is 340 g/mol. The first-order valence-corrected chi connectivity index (χ1v) is 8.19. The maximum absolute atomic E-state index is 13.2. The van der Waals surface area contributed by atoms with Gasteiger partial charge in [0, 0.05) is 12.7 Å². The number of pyridine rings is 1. The number of aliphatic carboxylic acids is 1. The fraction of sp³-hybridized carbons (Fsp3) is 0.316. The van der Waals surface area contributed by atoms with Crippen molar-refractivity contribution in [3.8, 4) is 11.1 Å². The predicted octanol–water partition coefficient (Wildman–Crippen LogP) is 2.37. The summed E-state index contributed by atoms with van der Waals surface area (Å²) >= 11 is 0. The molecule has 6 heteroatoms. The number of aromatic nitrogens is 1. The van der Waals surface area contributed by atoms with E-state index in [2.05, 4.69) is 4.98 Å². The molecule has 25 heavy (non-hydrogen) atoms. The van der Waals surface area contributed by atoms with Gasteiger partial charge in [0.15, 0.2) is 0 Å². The SMILES string of the molecule is Cc1nccc(-c2ccccc2)c1C(=O)N1CCOC[C@@H]1CC(=O)O. The van der Waals surface area contributed by atoms with E-state index in [4.69, 9.17) is 9.84 Å². The Morgan fingerprint density at radius 3 is 2.76 bits per heavy atom. The number of hydrogen-bond donors (Lipinski definition) is 1. The van der Waals surface area contributed by atoms with Crippen molar-refractivity contribution >= 4 is 11.9 Å². The van der Waals surface area contributed by atoms with Crippen LogP contribution in [0.2, 0.25) is 0 Å². The molecule has 1 fully saturated rings. The van der Waals surface area contributed by atoms with Crippen LogP contribution < -0.4 is 0 Å². The van der Waals surface area contributed by atoms with E-state index < -0.39 is 12.0 Å². The lowest BCUT2D eigenvalue weighted by molar-refractivity contribution is -0.139. The van der Waals surface area contributed by atoms with Crippen molar-refractivity contribution in [1.82, 2.24) is 9.88 Å². The molecule has 1 amide bonds. The summed E-state index contributed by atoms with van der Waals surface area (Å²) in [5.41, 5.74) is 2.89. The number of carbonyl (C=O) groups excluding carboxylic acids is 1. The third-order valence-electron chi connectivity index (χ3n) is 4.34. The van der Waals surface area contributed by atoms with Gasteiger partial charge in [-0.1, -0.05) is 30.3 Å². The normalized spacial score (nSPS) is 17.3. The topological polar surface area (TPSA) is 79.7 Å². The zero-order valence-corrected chi connectivity index (χ0v) is 14.0. The summed E-state index contributed by atoms with van der Waals surface area (Å²) in [6, 6.07) is 11.0. The number of carboxylic acids is 1. The minimum absolute atomic E-state index is 0.133. The summed E-state index contributed by atoms with van der Waals surface area (Å²) in [6.07, 6.45) is 1.55. The Morgan fingerprint density at radius 2 is 2.04 bits per heavy atom. The van der Waals surface area contributed by atoms with Gasteiger partial charge in [-0.05, 0) is 24.1 Å². The Kier molecular flexibility index (Phi) is 5.09. The quantitative estimate of drug-likeness (QED) is 0.924. The molecular formula is C19H20N2O4. The minimum atomic E-state index is -0.945. The van der Waals surface area contributed by atoms with Gasteiger partial charge in [0.1, 0.15) is 0 Å². The highest BCUT2D eigenvalue weighted by Crippen LogP contribution is 2.27. The molecule has 0 bridgehead atoms. The number of carbonyl (C=O) groups is 2. The van der Waals surface area contributed by atoms with E-state index in [1.807, 2.05) is 36.4 Å². The Hall–Kier alpha value is -2.73. The first kappa shape index (κ1) is 17.1. The van der Waals surface area contributed by atoms with Gasteiger partial charge in [0.2, 0.25) is 0 Å². The Morgan fingerprint density at radius 1 is 1.28 bits per heavy atom. The molecule has 1 aliphatic heterocycles. The van der Waals surface area contributed by atoms with Gasteiger partial charge in [0.05, 0.1) is 36.9 Å². The molecule has 0 spiro atoms. The highest BCUT2D eigenvalue weighted by molar-refractivity contribution is 6.02. The van der Waals surface area contributed by atoms with E-state index in [9.17, 15) is 9.59 Å². The van der Waals surface area contributed by atoms with Crippen LogP contribution in [0.5, 0.6) is 0 Å². The van der Waals surface area contributed by atoms with Crippen LogP contribution in [0.25, 0.3) is 11.1 Å².